The van der Waals surface area contributed by atoms with Crippen LogP contribution in [0.3, 0.4) is 0 Å². The summed E-state index contributed by atoms with van der Waals surface area (Å²) >= 11 is 12.7. The molecule has 0 saturated heterocycles. The summed E-state index contributed by atoms with van der Waals surface area (Å²) in [5.41, 5.74) is 1.86. The first-order valence-corrected chi connectivity index (χ1v) is 14.8. The van der Waals surface area contributed by atoms with Crippen molar-refractivity contribution in [3.63, 3.8) is 0 Å². The number of nitrogens with one attached hydrogen (secondary N) is 1. The van der Waals surface area contributed by atoms with Crippen LogP contribution in [-0.2, 0) is 26.2 Å². The quantitative estimate of drug-likeness (QED) is 0.305. The third-order valence-electron chi connectivity index (χ3n) is 6.23. The number of anilines is 1. The van der Waals surface area contributed by atoms with Crippen molar-refractivity contribution in [3.8, 4) is 0 Å². The number of aryl methyl sites for hydroxylation is 1. The van der Waals surface area contributed by atoms with Gasteiger partial charge in [-0.15, -0.1) is 0 Å². The van der Waals surface area contributed by atoms with E-state index in [4.69, 9.17) is 23.2 Å². The molecule has 0 unspecified atom stereocenters. The summed E-state index contributed by atoms with van der Waals surface area (Å²) in [6, 6.07) is 19.0. The van der Waals surface area contributed by atoms with Gasteiger partial charge in [0.2, 0.25) is 11.8 Å². The van der Waals surface area contributed by atoms with E-state index >= 15 is 0 Å². The summed E-state index contributed by atoms with van der Waals surface area (Å²) in [5, 5.41) is 3.03. The zero-order valence-electron chi connectivity index (χ0n) is 22.4. The normalized spacial score (nSPS) is 12.2. The number of halogens is 2. The molecule has 0 aromatic heterocycles. The van der Waals surface area contributed by atoms with Crippen LogP contribution < -0.4 is 9.62 Å². The SMILES string of the molecule is CC[C@@H](C(=O)NC(C)C)N(Cc1ccccc1C)C(=O)CN(c1cccc(Cl)c1Cl)S(=O)(=O)c1ccccc1. The average Bonchev–Trinajstić information content (AvgIpc) is 2.90. The zero-order chi connectivity index (χ0) is 28.7. The molecule has 0 fully saturated rings. The van der Waals surface area contributed by atoms with Gasteiger partial charge in [-0.1, -0.05) is 78.7 Å². The van der Waals surface area contributed by atoms with Crippen molar-refractivity contribution in [3.05, 3.63) is 94.0 Å². The van der Waals surface area contributed by atoms with Gasteiger partial charge in [-0.05, 0) is 62.6 Å². The van der Waals surface area contributed by atoms with E-state index in [1.54, 1.807) is 24.3 Å². The van der Waals surface area contributed by atoms with E-state index in [1.165, 1.54) is 29.2 Å². The molecule has 0 radical (unpaired) electrons. The van der Waals surface area contributed by atoms with Crippen LogP contribution in [0, 0.1) is 6.92 Å². The van der Waals surface area contributed by atoms with Crippen molar-refractivity contribution < 1.29 is 18.0 Å². The van der Waals surface area contributed by atoms with Crippen molar-refractivity contribution in [2.75, 3.05) is 10.8 Å². The van der Waals surface area contributed by atoms with Gasteiger partial charge in [-0.3, -0.25) is 13.9 Å². The number of benzene rings is 3. The highest BCUT2D eigenvalue weighted by molar-refractivity contribution is 7.92. The zero-order valence-corrected chi connectivity index (χ0v) is 24.7. The molecule has 10 heteroatoms. The van der Waals surface area contributed by atoms with Crippen LogP contribution in [0.1, 0.15) is 38.3 Å². The van der Waals surface area contributed by atoms with Crippen LogP contribution >= 0.6 is 23.2 Å². The summed E-state index contributed by atoms with van der Waals surface area (Å²) in [6.07, 6.45) is 0.333. The number of amides is 2. The molecule has 1 N–H and O–H groups in total. The fourth-order valence-electron chi connectivity index (χ4n) is 4.19. The predicted octanol–water partition coefficient (Wildman–Crippen LogP) is 5.83. The van der Waals surface area contributed by atoms with Gasteiger partial charge < -0.3 is 10.2 Å². The molecule has 39 heavy (non-hydrogen) atoms. The van der Waals surface area contributed by atoms with Crippen molar-refractivity contribution in [1.29, 1.82) is 0 Å². The van der Waals surface area contributed by atoms with Gasteiger partial charge in [-0.25, -0.2) is 8.42 Å². The second-order valence-electron chi connectivity index (χ2n) is 9.43. The van der Waals surface area contributed by atoms with Gasteiger partial charge in [0.25, 0.3) is 10.0 Å². The van der Waals surface area contributed by atoms with Crippen molar-refractivity contribution in [1.82, 2.24) is 10.2 Å². The number of rotatable bonds is 11. The summed E-state index contributed by atoms with van der Waals surface area (Å²) in [6.45, 7) is 6.95. The molecular weight excluding hydrogens is 557 g/mol. The summed E-state index contributed by atoms with van der Waals surface area (Å²) in [4.78, 5) is 28.7. The molecule has 3 rings (SSSR count). The molecule has 3 aromatic carbocycles. The Kier molecular flexibility index (Phi) is 10.4. The fraction of sp³-hybridized carbons (Fsp3) is 0.310. The maximum atomic E-state index is 14.1. The molecule has 0 aliphatic rings. The Balaban J connectivity index is 2.11. The molecule has 0 heterocycles. The monoisotopic (exact) mass is 589 g/mol. The molecule has 0 spiro atoms. The number of hydrogen-bond donors (Lipinski definition) is 1. The molecule has 1 atom stereocenters. The highest BCUT2D eigenvalue weighted by atomic mass is 35.5. The van der Waals surface area contributed by atoms with Gasteiger partial charge in [0.05, 0.1) is 20.6 Å². The van der Waals surface area contributed by atoms with Gasteiger partial charge in [-0.2, -0.15) is 0 Å². The van der Waals surface area contributed by atoms with Gasteiger partial charge >= 0.3 is 0 Å². The molecule has 0 aliphatic heterocycles. The number of carbonyl (C=O) groups excluding carboxylic acids is 2. The fourth-order valence-corrected chi connectivity index (χ4v) is 6.08. The Labute approximate surface area is 240 Å². The maximum Gasteiger partial charge on any atom is 0.264 e. The first-order chi connectivity index (χ1) is 18.5. The number of sulfonamides is 1. The second-order valence-corrected chi connectivity index (χ2v) is 12.1. The number of carbonyl (C=O) groups is 2. The van der Waals surface area contributed by atoms with Crippen LogP contribution in [0.4, 0.5) is 5.69 Å². The van der Waals surface area contributed by atoms with E-state index < -0.39 is 28.5 Å². The predicted molar refractivity (Wildman–Crippen MR) is 157 cm³/mol. The van der Waals surface area contributed by atoms with Crippen LogP contribution in [0.5, 0.6) is 0 Å². The van der Waals surface area contributed by atoms with Crippen LogP contribution in [0.2, 0.25) is 10.0 Å². The third kappa shape index (κ3) is 7.32. The summed E-state index contributed by atoms with van der Waals surface area (Å²) in [5.74, 6) is -0.868. The average molecular weight is 591 g/mol. The highest BCUT2D eigenvalue weighted by Gasteiger charge is 2.34. The Bertz CT molecular complexity index is 1420. The van der Waals surface area contributed by atoms with Gasteiger partial charge in [0.15, 0.2) is 0 Å². The lowest BCUT2D eigenvalue weighted by molar-refractivity contribution is -0.140. The third-order valence-corrected chi connectivity index (χ3v) is 8.81. The summed E-state index contributed by atoms with van der Waals surface area (Å²) < 4.78 is 28.7. The van der Waals surface area contributed by atoms with Crippen LogP contribution in [-0.4, -0.2) is 43.8 Å². The van der Waals surface area contributed by atoms with E-state index in [1.807, 2.05) is 52.0 Å². The standard InChI is InChI=1S/C29H33Cl2N3O4S/c1-5-25(29(36)32-20(2)3)33(18-22-13-10-9-12-21(22)4)27(35)19-34(26-17-11-16-24(30)28(26)31)39(37,38)23-14-7-6-8-15-23/h6-17,20,25H,5,18-19H2,1-4H3,(H,32,36)/t25-/m0/s1. The Morgan fingerprint density at radius 2 is 1.56 bits per heavy atom. The molecule has 0 aliphatic carbocycles. The highest BCUT2D eigenvalue weighted by Crippen LogP contribution is 2.35. The number of hydrogen-bond acceptors (Lipinski definition) is 4. The topological polar surface area (TPSA) is 86.8 Å². The second kappa shape index (κ2) is 13.3. The lowest BCUT2D eigenvalue weighted by Crippen LogP contribution is -2.53. The molecule has 7 nitrogen and oxygen atoms in total. The van der Waals surface area contributed by atoms with E-state index in [2.05, 4.69) is 5.32 Å². The summed E-state index contributed by atoms with van der Waals surface area (Å²) in [7, 11) is -4.23. The Hall–Kier alpha value is -3.07. The van der Waals surface area contributed by atoms with Crippen LogP contribution in [0.25, 0.3) is 0 Å². The Morgan fingerprint density at radius 3 is 2.18 bits per heavy atom. The van der Waals surface area contributed by atoms with Crippen LogP contribution in [0.15, 0.2) is 77.7 Å². The first-order valence-electron chi connectivity index (χ1n) is 12.6. The molecule has 0 bridgehead atoms. The van der Waals surface area contributed by atoms with E-state index in [0.29, 0.717) is 6.42 Å². The lowest BCUT2D eigenvalue weighted by Gasteiger charge is -2.34. The van der Waals surface area contributed by atoms with E-state index in [0.717, 1.165) is 15.4 Å². The smallest absolute Gasteiger partial charge is 0.264 e. The molecule has 208 valence electrons. The van der Waals surface area contributed by atoms with Gasteiger partial charge in [0.1, 0.15) is 12.6 Å². The Morgan fingerprint density at radius 1 is 0.923 bits per heavy atom. The number of nitrogens with zero attached hydrogens (tertiary/aromatic N) is 2. The molecule has 3 aromatic rings. The lowest BCUT2D eigenvalue weighted by atomic mass is 10.1. The molecule has 2 amide bonds. The first kappa shape index (κ1) is 30.5. The minimum Gasteiger partial charge on any atom is -0.352 e. The largest absolute Gasteiger partial charge is 0.352 e. The van der Waals surface area contributed by atoms with Crippen molar-refractivity contribution >= 4 is 50.7 Å². The van der Waals surface area contributed by atoms with Gasteiger partial charge in [0, 0.05) is 12.6 Å². The minimum atomic E-state index is -4.23. The maximum absolute atomic E-state index is 14.1. The van der Waals surface area contributed by atoms with E-state index in [-0.39, 0.29) is 39.1 Å². The molecular formula is C29H33Cl2N3O4S. The van der Waals surface area contributed by atoms with E-state index in [9.17, 15) is 18.0 Å². The van der Waals surface area contributed by atoms with Crippen molar-refractivity contribution in [2.24, 2.45) is 0 Å². The minimum absolute atomic E-state index is 0.00141. The molecule has 0 saturated carbocycles. The van der Waals surface area contributed by atoms with Crippen molar-refractivity contribution in [2.45, 2.75) is 57.6 Å².